The molecule has 2 unspecified atom stereocenters. The lowest BCUT2D eigenvalue weighted by Gasteiger charge is -2.18. The van der Waals surface area contributed by atoms with Crippen molar-refractivity contribution in [3.63, 3.8) is 0 Å². The molecule has 0 aromatic heterocycles. The SMILES string of the molecule is CN1C(=O)OC(c2ccccc2)C1CO. The molecular weight excluding hydrogens is 194 g/mol. The summed E-state index contributed by atoms with van der Waals surface area (Å²) in [5.74, 6) is 0. The average Bonchev–Trinajstić information content (AvgIpc) is 2.56. The second-order valence-corrected chi connectivity index (χ2v) is 3.58. The summed E-state index contributed by atoms with van der Waals surface area (Å²) in [5.41, 5.74) is 0.911. The lowest BCUT2D eigenvalue weighted by Crippen LogP contribution is -2.33. The molecule has 1 fully saturated rings. The van der Waals surface area contributed by atoms with Gasteiger partial charge >= 0.3 is 6.09 Å². The van der Waals surface area contributed by atoms with Gasteiger partial charge in [0.2, 0.25) is 0 Å². The minimum atomic E-state index is -0.386. The van der Waals surface area contributed by atoms with Crippen LogP contribution in [0.1, 0.15) is 11.7 Å². The number of aliphatic hydroxyl groups is 1. The Balaban J connectivity index is 2.27. The zero-order valence-corrected chi connectivity index (χ0v) is 8.46. The van der Waals surface area contributed by atoms with E-state index in [4.69, 9.17) is 4.74 Å². The van der Waals surface area contributed by atoms with Gasteiger partial charge in [-0.3, -0.25) is 0 Å². The molecule has 1 aliphatic heterocycles. The summed E-state index contributed by atoms with van der Waals surface area (Å²) in [6, 6.07) is 9.16. The van der Waals surface area contributed by atoms with Crippen molar-refractivity contribution in [2.75, 3.05) is 13.7 Å². The Kier molecular flexibility index (Phi) is 2.60. The molecule has 1 aromatic carbocycles. The van der Waals surface area contributed by atoms with Crippen molar-refractivity contribution >= 4 is 6.09 Å². The average molecular weight is 207 g/mol. The number of likely N-dealkylation sites (N-methyl/N-ethyl adjacent to an activating group) is 1. The molecule has 0 radical (unpaired) electrons. The fourth-order valence-electron chi connectivity index (χ4n) is 1.76. The number of ether oxygens (including phenoxy) is 1. The first-order valence-corrected chi connectivity index (χ1v) is 4.83. The normalized spacial score (nSPS) is 25.5. The fourth-order valence-corrected chi connectivity index (χ4v) is 1.76. The van der Waals surface area contributed by atoms with E-state index in [0.29, 0.717) is 0 Å². The van der Waals surface area contributed by atoms with Gasteiger partial charge in [-0.05, 0) is 5.56 Å². The summed E-state index contributed by atoms with van der Waals surface area (Å²) >= 11 is 0. The van der Waals surface area contributed by atoms with E-state index >= 15 is 0 Å². The molecule has 0 spiro atoms. The molecule has 0 bridgehead atoms. The number of carbonyl (C=O) groups is 1. The fraction of sp³-hybridized carbons (Fsp3) is 0.364. The van der Waals surface area contributed by atoms with Crippen LogP contribution >= 0.6 is 0 Å². The van der Waals surface area contributed by atoms with Crippen molar-refractivity contribution in [2.24, 2.45) is 0 Å². The highest BCUT2D eigenvalue weighted by Gasteiger charge is 2.39. The monoisotopic (exact) mass is 207 g/mol. The van der Waals surface area contributed by atoms with Gasteiger partial charge in [-0.1, -0.05) is 30.3 Å². The standard InChI is InChI=1S/C11H13NO3/c1-12-9(7-13)10(15-11(12)14)8-5-3-2-4-6-8/h2-6,9-10,13H,7H2,1H3. The van der Waals surface area contributed by atoms with Gasteiger partial charge in [0.25, 0.3) is 0 Å². The second kappa shape index (κ2) is 3.90. The predicted octanol–water partition coefficient (Wildman–Crippen LogP) is 1.17. The number of nitrogens with zero attached hydrogens (tertiary/aromatic N) is 1. The molecular formula is C11H13NO3. The zero-order chi connectivity index (χ0) is 10.8. The molecule has 1 aliphatic rings. The Morgan fingerprint density at radius 3 is 2.67 bits per heavy atom. The number of hydrogen-bond donors (Lipinski definition) is 1. The van der Waals surface area contributed by atoms with Crippen LogP contribution in [0, 0.1) is 0 Å². The molecule has 15 heavy (non-hydrogen) atoms. The van der Waals surface area contributed by atoms with Gasteiger partial charge in [-0.25, -0.2) is 4.79 Å². The lowest BCUT2D eigenvalue weighted by molar-refractivity contribution is 0.118. The molecule has 1 saturated heterocycles. The van der Waals surface area contributed by atoms with E-state index in [0.717, 1.165) is 5.56 Å². The quantitative estimate of drug-likeness (QED) is 0.792. The molecule has 1 heterocycles. The molecule has 2 rings (SSSR count). The minimum Gasteiger partial charge on any atom is -0.439 e. The van der Waals surface area contributed by atoms with Crippen LogP contribution in [0.3, 0.4) is 0 Å². The Morgan fingerprint density at radius 1 is 1.40 bits per heavy atom. The maximum atomic E-state index is 11.3. The van der Waals surface area contributed by atoms with Crippen LogP contribution in [0.5, 0.6) is 0 Å². The van der Waals surface area contributed by atoms with E-state index in [1.807, 2.05) is 30.3 Å². The van der Waals surface area contributed by atoms with Crippen LogP contribution in [0.15, 0.2) is 30.3 Å². The maximum absolute atomic E-state index is 11.3. The molecule has 1 amide bonds. The summed E-state index contributed by atoms with van der Waals surface area (Å²) in [5, 5.41) is 9.21. The second-order valence-electron chi connectivity index (χ2n) is 3.58. The Hall–Kier alpha value is -1.55. The highest BCUT2D eigenvalue weighted by atomic mass is 16.6. The lowest BCUT2D eigenvalue weighted by atomic mass is 10.0. The van der Waals surface area contributed by atoms with Gasteiger partial charge in [0.1, 0.15) is 0 Å². The Morgan fingerprint density at radius 2 is 2.07 bits per heavy atom. The van der Waals surface area contributed by atoms with Crippen LogP contribution in [0.25, 0.3) is 0 Å². The summed E-state index contributed by atoms with van der Waals surface area (Å²) in [7, 11) is 1.63. The van der Waals surface area contributed by atoms with E-state index < -0.39 is 0 Å². The Bertz CT molecular complexity index is 352. The molecule has 80 valence electrons. The predicted molar refractivity (Wildman–Crippen MR) is 54.3 cm³/mol. The first-order valence-electron chi connectivity index (χ1n) is 4.83. The summed E-state index contributed by atoms with van der Waals surface area (Å²) in [4.78, 5) is 12.7. The first-order chi connectivity index (χ1) is 7.24. The number of cyclic esters (lactones) is 1. The van der Waals surface area contributed by atoms with Gasteiger partial charge in [-0.15, -0.1) is 0 Å². The zero-order valence-electron chi connectivity index (χ0n) is 8.46. The topological polar surface area (TPSA) is 49.8 Å². The van der Waals surface area contributed by atoms with Crippen molar-refractivity contribution in [3.8, 4) is 0 Å². The molecule has 1 aromatic rings. The third-order valence-corrected chi connectivity index (χ3v) is 2.68. The van der Waals surface area contributed by atoms with Gasteiger partial charge < -0.3 is 14.7 Å². The maximum Gasteiger partial charge on any atom is 0.410 e. The van der Waals surface area contributed by atoms with Crippen LogP contribution in [0.2, 0.25) is 0 Å². The van der Waals surface area contributed by atoms with Crippen LogP contribution in [-0.4, -0.2) is 35.8 Å². The van der Waals surface area contributed by atoms with Crippen molar-refractivity contribution < 1.29 is 14.6 Å². The van der Waals surface area contributed by atoms with Crippen molar-refractivity contribution in [1.82, 2.24) is 4.90 Å². The van der Waals surface area contributed by atoms with E-state index in [-0.39, 0.29) is 24.8 Å². The minimum absolute atomic E-state index is 0.0954. The van der Waals surface area contributed by atoms with Crippen molar-refractivity contribution in [3.05, 3.63) is 35.9 Å². The van der Waals surface area contributed by atoms with Crippen LogP contribution < -0.4 is 0 Å². The number of hydrogen-bond acceptors (Lipinski definition) is 3. The van der Waals surface area contributed by atoms with E-state index in [9.17, 15) is 9.90 Å². The van der Waals surface area contributed by atoms with E-state index in [1.165, 1.54) is 4.90 Å². The number of aliphatic hydroxyl groups excluding tert-OH is 1. The Labute approximate surface area is 88.1 Å². The number of carbonyl (C=O) groups excluding carboxylic acids is 1. The van der Waals surface area contributed by atoms with Crippen molar-refractivity contribution in [1.29, 1.82) is 0 Å². The summed E-state index contributed by atoms with van der Waals surface area (Å²) in [6.45, 7) is -0.0954. The van der Waals surface area contributed by atoms with Gasteiger partial charge in [0.15, 0.2) is 6.10 Å². The number of rotatable bonds is 2. The highest BCUT2D eigenvalue weighted by molar-refractivity contribution is 5.70. The molecule has 2 atom stereocenters. The first kappa shape index (κ1) is 9.98. The highest BCUT2D eigenvalue weighted by Crippen LogP contribution is 2.30. The van der Waals surface area contributed by atoms with Gasteiger partial charge in [0.05, 0.1) is 12.6 Å². The summed E-state index contributed by atoms with van der Waals surface area (Å²) < 4.78 is 5.19. The molecule has 0 aliphatic carbocycles. The van der Waals surface area contributed by atoms with Crippen LogP contribution in [-0.2, 0) is 4.74 Å². The van der Waals surface area contributed by atoms with Crippen molar-refractivity contribution in [2.45, 2.75) is 12.1 Å². The molecule has 0 saturated carbocycles. The third-order valence-electron chi connectivity index (χ3n) is 2.68. The van der Waals surface area contributed by atoms with E-state index in [1.54, 1.807) is 7.05 Å². The van der Waals surface area contributed by atoms with Crippen LogP contribution in [0.4, 0.5) is 4.79 Å². The molecule has 4 nitrogen and oxygen atoms in total. The molecule has 4 heteroatoms. The number of amides is 1. The summed E-state index contributed by atoms with van der Waals surface area (Å²) in [6.07, 6.45) is -0.753. The third kappa shape index (κ3) is 1.68. The van der Waals surface area contributed by atoms with Gasteiger partial charge in [0, 0.05) is 7.05 Å². The largest absolute Gasteiger partial charge is 0.439 e. The smallest absolute Gasteiger partial charge is 0.410 e. The van der Waals surface area contributed by atoms with Gasteiger partial charge in [-0.2, -0.15) is 0 Å². The molecule has 1 N–H and O–H groups in total. The number of benzene rings is 1. The van der Waals surface area contributed by atoms with E-state index in [2.05, 4.69) is 0 Å².